The lowest BCUT2D eigenvalue weighted by molar-refractivity contribution is -0.665. The van der Waals surface area contributed by atoms with E-state index >= 15 is 4.39 Å². The molecule has 14 aromatic rings. The Balaban J connectivity index is 0.000000139. The average Bonchev–Trinajstić information content (AvgIpc) is 0.768. The van der Waals surface area contributed by atoms with E-state index in [4.69, 9.17) is 5.48 Å². The van der Waals surface area contributed by atoms with Gasteiger partial charge in [-0.3, -0.25) is 0 Å². The fraction of sp³-hybridized carbons (Fsp3) is 0.234. The lowest BCUT2D eigenvalue weighted by Gasteiger charge is -2.14. The number of hydrogen-bond donors (Lipinski definition) is 0. The summed E-state index contributed by atoms with van der Waals surface area (Å²) in [6.45, 7) is 36.3. The molecule has 0 unspecified atom stereocenters. The van der Waals surface area contributed by atoms with Gasteiger partial charge in [0.1, 0.15) is 39.8 Å². The van der Waals surface area contributed by atoms with Crippen molar-refractivity contribution in [1.29, 1.82) is 0 Å². The average molecular weight is 1330 g/mol. The fourth-order valence-corrected chi connectivity index (χ4v) is 14.4. The quantitative estimate of drug-likeness (QED) is 0.148. The van der Waals surface area contributed by atoms with Crippen LogP contribution in [0, 0.1) is 136 Å². The van der Waals surface area contributed by atoms with Crippen LogP contribution in [-0.2, 0) is 28.2 Å². The van der Waals surface area contributed by atoms with Crippen molar-refractivity contribution in [1.82, 2.24) is 0 Å². The van der Waals surface area contributed by atoms with Crippen LogP contribution < -0.4 is 18.3 Å². The van der Waals surface area contributed by atoms with Crippen LogP contribution in [0.5, 0.6) is 0 Å². The Morgan fingerprint density at radius 2 is 0.630 bits per heavy atom. The van der Waals surface area contributed by atoms with Crippen LogP contribution in [0.1, 0.15) is 106 Å². The van der Waals surface area contributed by atoms with Crippen molar-refractivity contribution in [2.24, 2.45) is 28.2 Å². The SMILES string of the molecule is [2H]c1c(C)[n+](C)c(-c2c(C)c(C)cc(C)c2F)c2ccc(C)cc12.[2H]c1c(C)[n+](C)c(-c2cc(C)c(F)c(C)c2C)c2ccc(C)cc12.[2H]c1c(C)[n+](C)c(-c2ccc(-c3c(C)cccc3C)cc2C)c2ccc(C)cc12.[2H]c1c(C)[n+](C)c(-c2ccc(-c3ccccc3)cc2C)c2ccc(C)cc12. The van der Waals surface area contributed by atoms with Crippen molar-refractivity contribution in [3.63, 3.8) is 0 Å². The molecule has 0 saturated carbocycles. The number of halogens is 2. The molecule has 0 aliphatic rings. The number of pyridine rings is 4. The normalized spacial score (nSPS) is 11.8. The first-order chi connectivity index (χ1) is 49.2. The van der Waals surface area contributed by atoms with E-state index in [1.807, 2.05) is 138 Å². The van der Waals surface area contributed by atoms with Gasteiger partial charge >= 0.3 is 0 Å². The Bertz CT molecular complexity index is 5790. The first-order valence-electron chi connectivity index (χ1n) is 36.7. The van der Waals surface area contributed by atoms with Crippen LogP contribution in [0.15, 0.2) is 194 Å². The van der Waals surface area contributed by atoms with Crippen molar-refractivity contribution in [2.75, 3.05) is 0 Å². The monoisotopic (exact) mass is 1320 g/mol. The van der Waals surface area contributed by atoms with Crippen LogP contribution in [0.2, 0.25) is 0 Å². The Morgan fingerprint density at radius 3 is 1.05 bits per heavy atom. The van der Waals surface area contributed by atoms with Crippen molar-refractivity contribution < 1.29 is 32.5 Å². The van der Waals surface area contributed by atoms with Crippen LogP contribution in [0.25, 0.3) is 110 Å². The Kier molecular flexibility index (Phi) is 19.0. The summed E-state index contributed by atoms with van der Waals surface area (Å²) < 4.78 is 71.8. The van der Waals surface area contributed by atoms with E-state index in [9.17, 15) is 4.39 Å². The molecular weight excluding hydrogens is 1220 g/mol. The van der Waals surface area contributed by atoms with Crippen molar-refractivity contribution in [2.45, 2.75) is 125 Å². The maximum absolute atomic E-state index is 15.1. The number of nitrogens with zero attached hydrogens (tertiary/aromatic N) is 4. The summed E-state index contributed by atoms with van der Waals surface area (Å²) in [4.78, 5) is 0. The third-order valence-electron chi connectivity index (χ3n) is 20.6. The second-order valence-corrected chi connectivity index (χ2v) is 28.0. The maximum Gasteiger partial charge on any atom is 0.223 e. The zero-order valence-corrected chi connectivity index (χ0v) is 62.7. The van der Waals surface area contributed by atoms with Crippen LogP contribution in [0.4, 0.5) is 8.78 Å². The summed E-state index contributed by atoms with van der Waals surface area (Å²) in [5, 5.41) is 8.09. The van der Waals surface area contributed by atoms with Crippen molar-refractivity contribution in [3.8, 4) is 67.3 Å². The minimum Gasteiger partial charge on any atom is -0.206 e. The molecule has 10 aromatic carbocycles. The van der Waals surface area contributed by atoms with E-state index in [-0.39, 0.29) is 11.6 Å². The largest absolute Gasteiger partial charge is 0.223 e. The predicted octanol–water partition coefficient (Wildman–Crippen LogP) is 22.5. The molecule has 0 aliphatic carbocycles. The highest BCUT2D eigenvalue weighted by Crippen LogP contribution is 2.39. The van der Waals surface area contributed by atoms with Gasteiger partial charge in [0.25, 0.3) is 0 Å². The predicted molar refractivity (Wildman–Crippen MR) is 418 cm³/mol. The lowest BCUT2D eigenvalue weighted by atomic mass is 9.91. The van der Waals surface area contributed by atoms with Gasteiger partial charge in [-0.2, -0.15) is 18.3 Å². The number of aryl methyl sites for hydroxylation is 11. The minimum atomic E-state index is -0.173. The summed E-state index contributed by atoms with van der Waals surface area (Å²) in [7, 11) is 8.03. The molecule has 0 N–H and O–H groups in total. The number of hydrogen-bond acceptors (Lipinski definition) is 0. The Morgan fingerprint density at radius 1 is 0.260 bits per heavy atom. The van der Waals surface area contributed by atoms with Crippen molar-refractivity contribution in [3.05, 3.63) is 306 Å². The van der Waals surface area contributed by atoms with Gasteiger partial charge in [0.2, 0.25) is 22.8 Å². The second-order valence-electron chi connectivity index (χ2n) is 28.0. The highest BCUT2D eigenvalue weighted by atomic mass is 19.1. The molecule has 0 spiro atoms. The zero-order chi connectivity index (χ0) is 75.5. The van der Waals surface area contributed by atoms with Gasteiger partial charge in [0, 0.05) is 63.0 Å². The number of aromatic nitrogens is 4. The summed E-state index contributed by atoms with van der Waals surface area (Å²) in [6, 6.07) is 61.6. The van der Waals surface area contributed by atoms with E-state index in [0.29, 0.717) is 46.4 Å². The van der Waals surface area contributed by atoms with E-state index in [2.05, 4.69) is 203 Å². The molecule has 4 heterocycles. The number of benzene rings is 10. The molecule has 0 aliphatic heterocycles. The minimum absolute atomic E-state index is 0.132. The van der Waals surface area contributed by atoms with Gasteiger partial charge in [0.15, 0.2) is 22.8 Å². The number of rotatable bonds is 6. The van der Waals surface area contributed by atoms with Gasteiger partial charge in [0.05, 0.1) is 38.2 Å². The topological polar surface area (TPSA) is 15.5 Å². The molecule has 6 heteroatoms. The molecule has 0 atom stereocenters. The van der Waals surface area contributed by atoms with Gasteiger partial charge in [-0.15, -0.1) is 0 Å². The molecule has 14 rings (SSSR count). The molecule has 0 bridgehead atoms. The van der Waals surface area contributed by atoms with Crippen molar-refractivity contribution >= 4 is 43.1 Å². The third-order valence-corrected chi connectivity index (χ3v) is 20.6. The van der Waals surface area contributed by atoms with E-state index < -0.39 is 0 Å². The molecule has 0 amide bonds. The molecule has 100 heavy (non-hydrogen) atoms. The standard InChI is InChI=1S/C27H28N.C25H24N.2C21H23FN/c1-17-10-12-25-23(14-17)16-21(5)28(6)27(25)24-13-11-22(15-20(24)4)26-18(2)8-7-9-19(26)3;1-17-10-12-24-22(14-17)16-19(3)26(4)25(24)23-13-11-21(15-18(23)2)20-8-6-5-7-9-20;1-12-7-8-18-17(9-12)11-14(3)23(6)21(18)19-10-13(2)20(22)16(5)15(19)4;1-12-7-8-18-17(9-12)11-15(4)23(6)21(18)19-16(5)13(2)10-14(3)20(19)22/h7-16H,1-6H3;5-16H,1-4H3;2*7-11H,1-6H3/q4*+1/i2*16D;2*11D. The van der Waals surface area contributed by atoms with E-state index in [1.54, 1.807) is 0 Å². The summed E-state index contributed by atoms with van der Waals surface area (Å²) in [5.41, 5.74) is 31.8. The van der Waals surface area contributed by atoms with E-state index in [0.717, 1.165) is 111 Å². The fourth-order valence-electron chi connectivity index (χ4n) is 14.4. The Hall–Kier alpha value is -10.3. The molecule has 0 radical (unpaired) electrons. The summed E-state index contributed by atoms with van der Waals surface area (Å²) in [6.07, 6.45) is 0. The molecule has 0 fully saturated rings. The first-order valence-corrected chi connectivity index (χ1v) is 34.7. The van der Waals surface area contributed by atoms with E-state index in [1.165, 1.54) is 78.1 Å². The molecule has 4 nitrogen and oxygen atoms in total. The van der Waals surface area contributed by atoms with Gasteiger partial charge in [-0.05, 0) is 239 Å². The third kappa shape index (κ3) is 13.9. The van der Waals surface area contributed by atoms with Gasteiger partial charge in [-0.25, -0.2) is 8.78 Å². The smallest absolute Gasteiger partial charge is 0.206 e. The van der Waals surface area contributed by atoms with Crippen LogP contribution in [0.3, 0.4) is 0 Å². The van der Waals surface area contributed by atoms with Crippen LogP contribution in [-0.4, -0.2) is 0 Å². The first kappa shape index (κ1) is 65.6. The van der Waals surface area contributed by atoms with Gasteiger partial charge < -0.3 is 0 Å². The summed E-state index contributed by atoms with van der Waals surface area (Å²) >= 11 is 0. The van der Waals surface area contributed by atoms with Crippen LogP contribution >= 0.6 is 0 Å². The molecule has 504 valence electrons. The molecule has 4 aromatic heterocycles. The van der Waals surface area contributed by atoms with Gasteiger partial charge in [-0.1, -0.05) is 150 Å². The summed E-state index contributed by atoms with van der Waals surface area (Å²) in [5.74, 6) is -0.305. The maximum atomic E-state index is 15.1. The highest BCUT2D eigenvalue weighted by Gasteiger charge is 2.28. The second kappa shape index (κ2) is 28.9. The molecular formula is C94H98F2N4+4. The molecule has 0 saturated heterocycles. The Labute approximate surface area is 598 Å². The number of fused-ring (bicyclic) bond motifs is 4. The highest BCUT2D eigenvalue weighted by molar-refractivity contribution is 5.98. The lowest BCUT2D eigenvalue weighted by Crippen LogP contribution is -2.35. The zero-order valence-electron chi connectivity index (χ0n) is 66.7.